The highest BCUT2D eigenvalue weighted by atomic mass is 32.2. The van der Waals surface area contributed by atoms with Crippen LogP contribution in [0.2, 0.25) is 0 Å². The van der Waals surface area contributed by atoms with Crippen LogP contribution in [0.1, 0.15) is 17.5 Å². The van der Waals surface area contributed by atoms with Crippen molar-refractivity contribution in [2.24, 2.45) is 0 Å². The summed E-state index contributed by atoms with van der Waals surface area (Å²) in [6, 6.07) is 11.6. The molecule has 31 heavy (non-hydrogen) atoms. The van der Waals surface area contributed by atoms with Gasteiger partial charge in [-0.15, -0.1) is 0 Å². The van der Waals surface area contributed by atoms with E-state index in [-0.39, 0.29) is 35.3 Å². The Hall–Kier alpha value is -3.46. The molecule has 3 amide bonds. The molecule has 8 nitrogen and oxygen atoms in total. The first-order valence-corrected chi connectivity index (χ1v) is 10.4. The molecule has 3 rings (SSSR count). The van der Waals surface area contributed by atoms with Crippen LogP contribution in [-0.4, -0.2) is 52.4 Å². The molecule has 0 spiro atoms. The van der Waals surface area contributed by atoms with Crippen LogP contribution >= 0.6 is 11.8 Å². The molecular weight excluding hydrogens is 420 g/mol. The average molecular weight is 442 g/mol. The third kappa shape index (κ3) is 5.58. The van der Waals surface area contributed by atoms with Gasteiger partial charge in [-0.1, -0.05) is 24.3 Å². The number of nitrogens with one attached hydrogen (secondary N) is 1. The summed E-state index contributed by atoms with van der Waals surface area (Å²) in [7, 11) is 1.53. The van der Waals surface area contributed by atoms with Crippen LogP contribution in [0.5, 0.6) is 17.2 Å². The fraction of sp³-hybridized carbons (Fsp3) is 0.227. The zero-order valence-electron chi connectivity index (χ0n) is 16.8. The second kappa shape index (κ2) is 10.0. The molecule has 162 valence electrons. The van der Waals surface area contributed by atoms with Crippen LogP contribution in [0.4, 0.5) is 4.79 Å². The van der Waals surface area contributed by atoms with Crippen LogP contribution in [-0.2, 0) is 16.0 Å². The molecule has 1 aliphatic heterocycles. The second-order valence-electron chi connectivity index (χ2n) is 6.75. The first-order chi connectivity index (χ1) is 14.9. The maximum atomic E-state index is 12.6. The molecule has 3 N–H and O–H groups in total. The summed E-state index contributed by atoms with van der Waals surface area (Å²) in [6.45, 7) is 0.304. The number of amides is 3. The Kier molecular flexibility index (Phi) is 7.19. The molecule has 1 saturated heterocycles. The van der Waals surface area contributed by atoms with Gasteiger partial charge in [-0.3, -0.25) is 19.3 Å². The summed E-state index contributed by atoms with van der Waals surface area (Å²) in [5.41, 5.74) is 1.44. The van der Waals surface area contributed by atoms with Gasteiger partial charge in [0, 0.05) is 25.1 Å². The first-order valence-electron chi connectivity index (χ1n) is 9.55. The quantitative estimate of drug-likeness (QED) is 0.425. The lowest BCUT2D eigenvalue weighted by atomic mass is 10.1. The zero-order chi connectivity index (χ0) is 22.4. The summed E-state index contributed by atoms with van der Waals surface area (Å²) < 4.78 is 5.26. The van der Waals surface area contributed by atoms with Crippen molar-refractivity contribution in [2.45, 2.75) is 12.8 Å². The van der Waals surface area contributed by atoms with Crippen molar-refractivity contribution in [3.8, 4) is 17.2 Å². The normalized spacial score (nSPS) is 14.9. The lowest BCUT2D eigenvalue weighted by Gasteiger charge is -2.12. The molecule has 1 fully saturated rings. The van der Waals surface area contributed by atoms with E-state index in [0.717, 1.165) is 22.2 Å². The number of ether oxygens (including phenoxy) is 1. The maximum absolute atomic E-state index is 12.6. The number of methoxy groups -OCH3 is 1. The first kappa shape index (κ1) is 22.2. The topological polar surface area (TPSA) is 116 Å². The number of para-hydroxylation sites is 1. The Morgan fingerprint density at radius 2 is 1.94 bits per heavy atom. The van der Waals surface area contributed by atoms with Gasteiger partial charge in [0.2, 0.25) is 5.91 Å². The van der Waals surface area contributed by atoms with Crippen molar-refractivity contribution in [1.29, 1.82) is 0 Å². The molecule has 2 aromatic carbocycles. The fourth-order valence-electron chi connectivity index (χ4n) is 2.99. The Morgan fingerprint density at radius 3 is 2.68 bits per heavy atom. The van der Waals surface area contributed by atoms with Crippen LogP contribution in [0.25, 0.3) is 6.08 Å². The van der Waals surface area contributed by atoms with Crippen LogP contribution in [0.3, 0.4) is 0 Å². The Balaban J connectivity index is 1.51. The highest BCUT2D eigenvalue weighted by Gasteiger charge is 2.35. The summed E-state index contributed by atoms with van der Waals surface area (Å²) >= 11 is 0.832. The summed E-state index contributed by atoms with van der Waals surface area (Å²) in [5, 5.41) is 21.1. The number of rotatable bonds is 8. The van der Waals surface area contributed by atoms with Gasteiger partial charge < -0.3 is 20.3 Å². The zero-order valence-corrected chi connectivity index (χ0v) is 17.6. The monoisotopic (exact) mass is 442 g/mol. The molecular formula is C22H22N2O6S. The Morgan fingerprint density at radius 1 is 1.16 bits per heavy atom. The van der Waals surface area contributed by atoms with Crippen molar-refractivity contribution in [3.63, 3.8) is 0 Å². The molecule has 2 aromatic rings. The third-order valence-corrected chi connectivity index (χ3v) is 5.54. The van der Waals surface area contributed by atoms with Gasteiger partial charge in [-0.25, -0.2) is 0 Å². The number of aromatic hydroxyl groups is 2. The van der Waals surface area contributed by atoms with Crippen molar-refractivity contribution < 1.29 is 29.3 Å². The van der Waals surface area contributed by atoms with Gasteiger partial charge in [0.1, 0.15) is 5.75 Å². The number of thioether (sulfide) groups is 1. The standard InChI is InChI=1S/C22H22N2O6S/c1-30-18-5-3-2-4-15(18)13-19-21(28)24(22(29)31-19)11-9-20(27)23-10-8-14-6-7-16(25)17(26)12-14/h2-7,12-13,25-26H,8-11H2,1H3,(H,23,27). The van der Waals surface area contributed by atoms with E-state index in [0.29, 0.717) is 24.3 Å². The van der Waals surface area contributed by atoms with Crippen LogP contribution < -0.4 is 10.1 Å². The maximum Gasteiger partial charge on any atom is 0.293 e. The lowest BCUT2D eigenvalue weighted by molar-refractivity contribution is -0.124. The largest absolute Gasteiger partial charge is 0.504 e. The van der Waals surface area contributed by atoms with E-state index in [9.17, 15) is 24.6 Å². The predicted molar refractivity (Wildman–Crippen MR) is 117 cm³/mol. The van der Waals surface area contributed by atoms with E-state index in [1.165, 1.54) is 19.2 Å². The van der Waals surface area contributed by atoms with E-state index >= 15 is 0 Å². The Labute approximate surface area is 183 Å². The molecule has 0 atom stereocenters. The molecule has 0 bridgehead atoms. The van der Waals surface area contributed by atoms with E-state index < -0.39 is 11.1 Å². The lowest BCUT2D eigenvalue weighted by Crippen LogP contribution is -2.34. The minimum Gasteiger partial charge on any atom is -0.504 e. The molecule has 0 saturated carbocycles. The number of carbonyl (C=O) groups excluding carboxylic acids is 3. The van der Waals surface area contributed by atoms with E-state index in [1.54, 1.807) is 24.3 Å². The van der Waals surface area contributed by atoms with Crippen molar-refractivity contribution in [2.75, 3.05) is 20.2 Å². The highest BCUT2D eigenvalue weighted by molar-refractivity contribution is 8.18. The fourth-order valence-corrected chi connectivity index (χ4v) is 3.85. The number of phenols is 2. The van der Waals surface area contributed by atoms with Crippen LogP contribution in [0, 0.1) is 0 Å². The molecule has 0 aromatic heterocycles. The number of benzene rings is 2. The Bertz CT molecular complexity index is 1040. The number of carbonyl (C=O) groups is 3. The van der Waals surface area contributed by atoms with E-state index in [2.05, 4.69) is 5.32 Å². The van der Waals surface area contributed by atoms with Gasteiger partial charge in [-0.2, -0.15) is 0 Å². The van der Waals surface area contributed by atoms with Gasteiger partial charge in [0.15, 0.2) is 11.5 Å². The molecule has 1 aliphatic rings. The highest BCUT2D eigenvalue weighted by Crippen LogP contribution is 2.34. The van der Waals surface area contributed by atoms with Gasteiger partial charge in [0.25, 0.3) is 11.1 Å². The van der Waals surface area contributed by atoms with E-state index in [1.807, 2.05) is 12.1 Å². The molecule has 9 heteroatoms. The molecule has 0 aliphatic carbocycles. The minimum atomic E-state index is -0.437. The summed E-state index contributed by atoms with van der Waals surface area (Å²) in [4.78, 5) is 38.3. The molecule has 0 radical (unpaired) electrons. The molecule has 1 heterocycles. The van der Waals surface area contributed by atoms with Gasteiger partial charge >= 0.3 is 0 Å². The van der Waals surface area contributed by atoms with Gasteiger partial charge in [-0.05, 0) is 48.0 Å². The third-order valence-electron chi connectivity index (χ3n) is 4.64. The average Bonchev–Trinajstić information content (AvgIpc) is 3.02. The number of hydrogen-bond donors (Lipinski definition) is 3. The number of phenolic OH excluding ortho intramolecular Hbond substituents is 2. The van der Waals surface area contributed by atoms with Crippen molar-refractivity contribution >= 4 is 34.9 Å². The second-order valence-corrected chi connectivity index (χ2v) is 7.74. The predicted octanol–water partition coefficient (Wildman–Crippen LogP) is 2.89. The smallest absolute Gasteiger partial charge is 0.293 e. The minimum absolute atomic E-state index is 0.0131. The SMILES string of the molecule is COc1ccccc1C=C1SC(=O)N(CCC(=O)NCCc2ccc(O)c(O)c2)C1=O. The van der Waals surface area contributed by atoms with E-state index in [4.69, 9.17) is 4.74 Å². The number of imide groups is 1. The summed E-state index contributed by atoms with van der Waals surface area (Å²) in [5.74, 6) is -0.561. The van der Waals surface area contributed by atoms with Crippen molar-refractivity contribution in [1.82, 2.24) is 10.2 Å². The number of nitrogens with zero attached hydrogens (tertiary/aromatic N) is 1. The van der Waals surface area contributed by atoms with Crippen molar-refractivity contribution in [3.05, 3.63) is 58.5 Å². The van der Waals surface area contributed by atoms with Crippen LogP contribution in [0.15, 0.2) is 47.4 Å². The number of hydrogen-bond acceptors (Lipinski definition) is 7. The summed E-state index contributed by atoms with van der Waals surface area (Å²) in [6.07, 6.45) is 2.06. The molecule has 0 unspecified atom stereocenters. The van der Waals surface area contributed by atoms with Gasteiger partial charge in [0.05, 0.1) is 12.0 Å².